The molecule has 1 aliphatic rings. The largest absolute Gasteiger partial charge is 0.372 e. The maximum Gasteiger partial charge on any atom is 0.269 e. The van der Waals surface area contributed by atoms with Gasteiger partial charge in [-0.2, -0.15) is 0 Å². The normalized spacial score (nSPS) is 24.5. The predicted molar refractivity (Wildman–Crippen MR) is 64.0 cm³/mol. The van der Waals surface area contributed by atoms with Crippen molar-refractivity contribution in [2.45, 2.75) is 25.6 Å². The van der Waals surface area contributed by atoms with Crippen LogP contribution in [-0.4, -0.2) is 30.2 Å². The molecule has 0 amide bonds. The van der Waals surface area contributed by atoms with Crippen LogP contribution in [0.5, 0.6) is 0 Å². The highest BCUT2D eigenvalue weighted by atomic mass is 16.6. The smallest absolute Gasteiger partial charge is 0.269 e. The Bertz CT molecular complexity index is 391. The summed E-state index contributed by atoms with van der Waals surface area (Å²) in [5.41, 5.74) is 1.20. The number of nitrogens with zero attached hydrogens (tertiary/aromatic N) is 1. The van der Waals surface area contributed by atoms with Crippen LogP contribution in [0.2, 0.25) is 0 Å². The fourth-order valence-electron chi connectivity index (χ4n) is 2.01. The van der Waals surface area contributed by atoms with Crippen molar-refractivity contribution >= 4 is 5.69 Å². The van der Waals surface area contributed by atoms with Gasteiger partial charge in [0.2, 0.25) is 0 Å². The summed E-state index contributed by atoms with van der Waals surface area (Å²) in [7, 11) is 0. The number of morpholine rings is 1. The van der Waals surface area contributed by atoms with E-state index < -0.39 is 0 Å². The van der Waals surface area contributed by atoms with E-state index in [9.17, 15) is 10.1 Å². The summed E-state index contributed by atoms with van der Waals surface area (Å²) in [5.74, 6) is 0. The van der Waals surface area contributed by atoms with Gasteiger partial charge in [-0.3, -0.25) is 10.1 Å². The summed E-state index contributed by atoms with van der Waals surface area (Å²) in [6.45, 7) is 3.76. The minimum Gasteiger partial charge on any atom is -0.372 e. The maximum absolute atomic E-state index is 10.5. The summed E-state index contributed by atoms with van der Waals surface area (Å²) in [6.07, 6.45) is 1.17. The third-order valence-electron chi connectivity index (χ3n) is 2.84. The number of hydrogen-bond donors (Lipinski definition) is 1. The van der Waals surface area contributed by atoms with Gasteiger partial charge in [-0.15, -0.1) is 0 Å². The monoisotopic (exact) mass is 236 g/mol. The van der Waals surface area contributed by atoms with Crippen molar-refractivity contribution in [2.75, 3.05) is 13.1 Å². The number of benzene rings is 1. The van der Waals surface area contributed by atoms with E-state index in [1.54, 1.807) is 12.1 Å². The molecule has 0 spiro atoms. The molecule has 1 fully saturated rings. The summed E-state index contributed by atoms with van der Waals surface area (Å²) in [6, 6.07) is 6.66. The highest BCUT2D eigenvalue weighted by molar-refractivity contribution is 5.33. The molecule has 1 aromatic rings. The minimum absolute atomic E-state index is 0.129. The summed E-state index contributed by atoms with van der Waals surface area (Å²) < 4.78 is 5.77. The van der Waals surface area contributed by atoms with Crippen LogP contribution in [0.25, 0.3) is 0 Å². The van der Waals surface area contributed by atoms with Crippen molar-refractivity contribution in [2.24, 2.45) is 0 Å². The van der Waals surface area contributed by atoms with Crippen molar-refractivity contribution in [1.29, 1.82) is 0 Å². The Morgan fingerprint density at radius 3 is 2.71 bits per heavy atom. The lowest BCUT2D eigenvalue weighted by Gasteiger charge is -2.28. The molecule has 1 saturated heterocycles. The molecule has 2 unspecified atom stereocenters. The van der Waals surface area contributed by atoms with E-state index in [1.807, 2.05) is 6.92 Å². The number of non-ortho nitro benzene ring substituents is 1. The van der Waals surface area contributed by atoms with Gasteiger partial charge < -0.3 is 10.1 Å². The fraction of sp³-hybridized carbons (Fsp3) is 0.500. The average molecular weight is 236 g/mol. The van der Waals surface area contributed by atoms with Gasteiger partial charge in [0.05, 0.1) is 17.1 Å². The van der Waals surface area contributed by atoms with E-state index >= 15 is 0 Å². The summed E-state index contributed by atoms with van der Waals surface area (Å²) in [5, 5.41) is 13.8. The number of ether oxygens (including phenoxy) is 1. The highest BCUT2D eigenvalue weighted by Crippen LogP contribution is 2.15. The van der Waals surface area contributed by atoms with Gasteiger partial charge in [0.25, 0.3) is 5.69 Å². The van der Waals surface area contributed by atoms with Gasteiger partial charge in [0, 0.05) is 25.2 Å². The summed E-state index contributed by atoms with van der Waals surface area (Å²) >= 11 is 0. The van der Waals surface area contributed by atoms with Crippen LogP contribution < -0.4 is 5.32 Å². The molecular formula is C12H16N2O3. The van der Waals surface area contributed by atoms with Crippen molar-refractivity contribution in [3.8, 4) is 0 Å². The molecule has 17 heavy (non-hydrogen) atoms. The van der Waals surface area contributed by atoms with E-state index in [4.69, 9.17) is 4.74 Å². The van der Waals surface area contributed by atoms with Crippen molar-refractivity contribution in [1.82, 2.24) is 5.32 Å². The molecule has 1 heterocycles. The molecule has 0 aliphatic carbocycles. The Labute approximate surface area is 99.9 Å². The third kappa shape index (κ3) is 3.25. The van der Waals surface area contributed by atoms with Crippen molar-refractivity contribution < 1.29 is 9.66 Å². The standard InChI is InChI=1S/C12H16N2O3/c1-9-7-13-8-12(17-9)6-10-2-4-11(5-3-10)14(15)16/h2-5,9,12-13H,6-8H2,1H3. The lowest BCUT2D eigenvalue weighted by molar-refractivity contribution is -0.384. The van der Waals surface area contributed by atoms with Gasteiger partial charge in [0.15, 0.2) is 0 Å². The van der Waals surface area contributed by atoms with Crippen LogP contribution in [0.3, 0.4) is 0 Å². The second-order valence-corrected chi connectivity index (χ2v) is 4.35. The van der Waals surface area contributed by atoms with Crippen LogP contribution in [0.4, 0.5) is 5.69 Å². The number of nitro benzene ring substituents is 1. The molecule has 0 radical (unpaired) electrons. The molecule has 0 bridgehead atoms. The number of hydrogen-bond acceptors (Lipinski definition) is 4. The van der Waals surface area contributed by atoms with E-state index in [2.05, 4.69) is 5.32 Å². The Kier molecular flexibility index (Phi) is 3.71. The Morgan fingerprint density at radius 2 is 2.12 bits per heavy atom. The van der Waals surface area contributed by atoms with Gasteiger partial charge in [-0.05, 0) is 18.9 Å². The van der Waals surface area contributed by atoms with Crippen molar-refractivity contribution in [3.05, 3.63) is 39.9 Å². The first-order valence-electron chi connectivity index (χ1n) is 5.74. The fourth-order valence-corrected chi connectivity index (χ4v) is 2.01. The van der Waals surface area contributed by atoms with E-state index in [1.165, 1.54) is 12.1 Å². The maximum atomic E-state index is 10.5. The van der Waals surface area contributed by atoms with Crippen molar-refractivity contribution in [3.63, 3.8) is 0 Å². The first-order valence-corrected chi connectivity index (χ1v) is 5.74. The first kappa shape index (κ1) is 12.0. The third-order valence-corrected chi connectivity index (χ3v) is 2.84. The molecular weight excluding hydrogens is 220 g/mol. The quantitative estimate of drug-likeness (QED) is 0.638. The molecule has 2 rings (SSSR count). The van der Waals surface area contributed by atoms with Crippen LogP contribution in [0, 0.1) is 10.1 Å². The second-order valence-electron chi connectivity index (χ2n) is 4.35. The Morgan fingerprint density at radius 1 is 1.41 bits per heavy atom. The molecule has 5 heteroatoms. The Balaban J connectivity index is 1.96. The van der Waals surface area contributed by atoms with E-state index in [0.29, 0.717) is 0 Å². The minimum atomic E-state index is -0.384. The zero-order valence-corrected chi connectivity index (χ0v) is 9.76. The molecule has 0 saturated carbocycles. The van der Waals surface area contributed by atoms with Crippen LogP contribution >= 0.6 is 0 Å². The average Bonchev–Trinajstić information content (AvgIpc) is 2.29. The lowest BCUT2D eigenvalue weighted by Crippen LogP contribution is -2.44. The van der Waals surface area contributed by atoms with Gasteiger partial charge in [0.1, 0.15) is 0 Å². The lowest BCUT2D eigenvalue weighted by atomic mass is 10.1. The number of rotatable bonds is 3. The number of nitrogens with one attached hydrogen (secondary N) is 1. The van der Waals surface area contributed by atoms with Gasteiger partial charge in [-0.1, -0.05) is 12.1 Å². The van der Waals surface area contributed by atoms with E-state index in [0.717, 1.165) is 25.1 Å². The van der Waals surface area contributed by atoms with Gasteiger partial charge >= 0.3 is 0 Å². The molecule has 92 valence electrons. The molecule has 5 nitrogen and oxygen atoms in total. The second kappa shape index (κ2) is 5.25. The predicted octanol–water partition coefficient (Wildman–Crippen LogP) is 1.51. The zero-order chi connectivity index (χ0) is 12.3. The number of nitro groups is 1. The van der Waals surface area contributed by atoms with Crippen LogP contribution in [-0.2, 0) is 11.2 Å². The molecule has 2 atom stereocenters. The SMILES string of the molecule is CC1CNCC(Cc2ccc([N+](=O)[O-])cc2)O1. The summed E-state index contributed by atoms with van der Waals surface area (Å²) in [4.78, 5) is 10.1. The molecule has 0 aromatic heterocycles. The molecule has 1 aromatic carbocycles. The Hall–Kier alpha value is -1.46. The highest BCUT2D eigenvalue weighted by Gasteiger charge is 2.19. The topological polar surface area (TPSA) is 64.4 Å². The first-order chi connectivity index (χ1) is 8.15. The zero-order valence-electron chi connectivity index (χ0n) is 9.76. The van der Waals surface area contributed by atoms with Gasteiger partial charge in [-0.25, -0.2) is 0 Å². The van der Waals surface area contributed by atoms with E-state index in [-0.39, 0.29) is 22.8 Å². The molecule has 1 N–H and O–H groups in total. The molecule has 1 aliphatic heterocycles. The van der Waals surface area contributed by atoms with Crippen LogP contribution in [0.15, 0.2) is 24.3 Å². The van der Waals surface area contributed by atoms with Crippen LogP contribution in [0.1, 0.15) is 12.5 Å².